The Labute approximate surface area is 203 Å². The third-order valence-corrected chi connectivity index (χ3v) is 10.3. The molecule has 0 aromatic heterocycles. The van der Waals surface area contributed by atoms with Crippen LogP contribution in [0.4, 0.5) is 0 Å². The van der Waals surface area contributed by atoms with E-state index < -0.39 is 11.0 Å². The van der Waals surface area contributed by atoms with E-state index in [1.54, 1.807) is 0 Å². The highest BCUT2D eigenvalue weighted by Gasteiger charge is 2.68. The Morgan fingerprint density at radius 2 is 1.56 bits per heavy atom. The van der Waals surface area contributed by atoms with Gasteiger partial charge in [-0.25, -0.2) is 0 Å². The molecule has 7 heteroatoms. The molecule has 4 rings (SSSR count). The van der Waals surface area contributed by atoms with Crippen molar-refractivity contribution in [2.75, 3.05) is 0 Å². The van der Waals surface area contributed by atoms with Crippen molar-refractivity contribution in [3.05, 3.63) is 0 Å². The number of hydrogen-bond acceptors (Lipinski definition) is 7. The number of fused-ring (bicyclic) bond motifs is 5. The normalized spacial score (nSPS) is 46.3. The molecule has 4 fully saturated rings. The van der Waals surface area contributed by atoms with Gasteiger partial charge in [-0.3, -0.25) is 14.4 Å². The van der Waals surface area contributed by atoms with Gasteiger partial charge in [-0.2, -0.15) is 0 Å². The lowest BCUT2D eigenvalue weighted by molar-refractivity contribution is -0.252. The molecule has 4 aliphatic carbocycles. The second-order valence-electron chi connectivity index (χ2n) is 12.1. The number of aliphatic hydroxyl groups is 1. The molecule has 0 saturated heterocycles. The van der Waals surface area contributed by atoms with E-state index in [2.05, 4.69) is 13.8 Å². The molecule has 0 amide bonds. The molecular formula is C27H42O7. The number of hydrogen-bond donors (Lipinski definition) is 1. The molecule has 0 heterocycles. The summed E-state index contributed by atoms with van der Waals surface area (Å²) in [7, 11) is 0. The highest BCUT2D eigenvalue weighted by Crippen LogP contribution is 2.69. The Morgan fingerprint density at radius 3 is 2.18 bits per heavy atom. The van der Waals surface area contributed by atoms with Crippen molar-refractivity contribution in [1.82, 2.24) is 0 Å². The number of ether oxygens (including phenoxy) is 3. The van der Waals surface area contributed by atoms with Gasteiger partial charge in [-0.15, -0.1) is 0 Å². The zero-order valence-electron chi connectivity index (χ0n) is 21.6. The average molecular weight is 479 g/mol. The minimum atomic E-state index is -0.957. The van der Waals surface area contributed by atoms with Gasteiger partial charge in [-0.05, 0) is 69.1 Å². The summed E-state index contributed by atoms with van der Waals surface area (Å²) in [6.07, 6.45) is 5.41. The Kier molecular flexibility index (Phi) is 6.58. The molecule has 192 valence electrons. The number of carbonyl (C=O) groups is 3. The molecule has 7 nitrogen and oxygen atoms in total. The molecular weight excluding hydrogens is 436 g/mol. The van der Waals surface area contributed by atoms with Crippen molar-refractivity contribution < 1.29 is 33.7 Å². The van der Waals surface area contributed by atoms with Crippen LogP contribution in [-0.4, -0.2) is 46.9 Å². The van der Waals surface area contributed by atoms with Crippen molar-refractivity contribution in [3.8, 4) is 0 Å². The van der Waals surface area contributed by atoms with Crippen LogP contribution < -0.4 is 0 Å². The zero-order chi connectivity index (χ0) is 25.1. The van der Waals surface area contributed by atoms with Gasteiger partial charge >= 0.3 is 17.9 Å². The highest BCUT2D eigenvalue weighted by molar-refractivity contribution is 5.67. The summed E-state index contributed by atoms with van der Waals surface area (Å²) in [6, 6.07) is 0. The molecule has 0 aliphatic heterocycles. The lowest BCUT2D eigenvalue weighted by Crippen LogP contribution is -2.67. The van der Waals surface area contributed by atoms with Crippen LogP contribution in [0.25, 0.3) is 0 Å². The lowest BCUT2D eigenvalue weighted by Gasteiger charge is -2.65. The SMILES string of the molecule is CC(=O)OC1CCC2(C)C3C(OC(C)=O)CC4(C)C(C(C)OC(C)=O)CCC4C3CCC2(O)C1. The molecule has 0 aromatic rings. The lowest BCUT2D eigenvalue weighted by atomic mass is 9.42. The summed E-state index contributed by atoms with van der Waals surface area (Å²) >= 11 is 0. The molecule has 10 atom stereocenters. The number of esters is 3. The van der Waals surface area contributed by atoms with Gasteiger partial charge in [0.2, 0.25) is 0 Å². The van der Waals surface area contributed by atoms with Gasteiger partial charge < -0.3 is 19.3 Å². The summed E-state index contributed by atoms with van der Waals surface area (Å²) in [6.45, 7) is 10.8. The van der Waals surface area contributed by atoms with Crippen LogP contribution >= 0.6 is 0 Å². The van der Waals surface area contributed by atoms with Crippen molar-refractivity contribution in [2.45, 2.75) is 117 Å². The number of rotatable bonds is 4. The van der Waals surface area contributed by atoms with Crippen molar-refractivity contribution >= 4 is 17.9 Å². The van der Waals surface area contributed by atoms with Crippen molar-refractivity contribution in [1.29, 1.82) is 0 Å². The Bertz CT molecular complexity index is 841. The fraction of sp³-hybridized carbons (Fsp3) is 0.889. The molecule has 4 saturated carbocycles. The topological polar surface area (TPSA) is 99.1 Å². The van der Waals surface area contributed by atoms with Gasteiger partial charge in [-0.1, -0.05) is 13.8 Å². The van der Waals surface area contributed by atoms with E-state index in [-0.39, 0.29) is 53.5 Å². The van der Waals surface area contributed by atoms with Crippen LogP contribution in [0.15, 0.2) is 0 Å². The largest absolute Gasteiger partial charge is 0.463 e. The summed E-state index contributed by atoms with van der Waals surface area (Å²) in [5.74, 6) is 0.163. The third kappa shape index (κ3) is 4.06. The fourth-order valence-electron chi connectivity index (χ4n) is 9.10. The Morgan fingerprint density at radius 1 is 0.882 bits per heavy atom. The molecule has 34 heavy (non-hydrogen) atoms. The van der Waals surface area contributed by atoms with Crippen LogP contribution in [0.3, 0.4) is 0 Å². The van der Waals surface area contributed by atoms with Crippen LogP contribution in [-0.2, 0) is 28.6 Å². The van der Waals surface area contributed by atoms with Crippen LogP contribution in [0.1, 0.15) is 92.9 Å². The first kappa shape index (κ1) is 25.5. The van der Waals surface area contributed by atoms with Gasteiger partial charge in [0.15, 0.2) is 0 Å². The molecule has 0 spiro atoms. The zero-order valence-corrected chi connectivity index (χ0v) is 21.6. The average Bonchev–Trinajstić information content (AvgIpc) is 3.04. The second kappa shape index (κ2) is 8.79. The maximum atomic E-state index is 12.2. The van der Waals surface area contributed by atoms with Crippen LogP contribution in [0.2, 0.25) is 0 Å². The maximum Gasteiger partial charge on any atom is 0.302 e. The van der Waals surface area contributed by atoms with Crippen LogP contribution in [0.5, 0.6) is 0 Å². The quantitative estimate of drug-likeness (QED) is 0.478. The summed E-state index contributed by atoms with van der Waals surface area (Å²) in [4.78, 5) is 35.5. The molecule has 0 aromatic carbocycles. The van der Waals surface area contributed by atoms with E-state index in [9.17, 15) is 19.5 Å². The summed E-state index contributed by atoms with van der Waals surface area (Å²) in [5, 5.41) is 12.0. The monoisotopic (exact) mass is 478 g/mol. The van der Waals surface area contributed by atoms with Gasteiger partial charge in [0, 0.05) is 44.4 Å². The summed E-state index contributed by atoms with van der Waals surface area (Å²) in [5.41, 5.74) is -1.48. The molecule has 0 radical (unpaired) electrons. The van der Waals surface area contributed by atoms with Crippen molar-refractivity contribution in [2.24, 2.45) is 34.5 Å². The number of carbonyl (C=O) groups excluding carboxylic acids is 3. The highest BCUT2D eigenvalue weighted by atomic mass is 16.6. The second-order valence-corrected chi connectivity index (χ2v) is 12.1. The van der Waals surface area contributed by atoms with Gasteiger partial charge in [0.25, 0.3) is 0 Å². The summed E-state index contributed by atoms with van der Waals surface area (Å²) < 4.78 is 17.2. The standard InChI is InChI=1S/C27H42O7/c1-15(32-16(2)28)21-7-8-22-20-10-12-27(31)13-19(33-17(3)29)9-11-26(27,6)24(20)23(34-18(4)30)14-25(21,22)5/h15,19-24,31H,7-14H2,1-6H3. The predicted molar refractivity (Wildman–Crippen MR) is 124 cm³/mol. The Hall–Kier alpha value is -1.63. The van der Waals surface area contributed by atoms with E-state index in [0.29, 0.717) is 37.5 Å². The first-order chi connectivity index (χ1) is 15.8. The first-order valence-electron chi connectivity index (χ1n) is 13.0. The van der Waals surface area contributed by atoms with E-state index in [4.69, 9.17) is 14.2 Å². The molecule has 1 N–H and O–H groups in total. The predicted octanol–water partition coefficient (Wildman–Crippen LogP) is 4.19. The van der Waals surface area contributed by atoms with Crippen LogP contribution in [0, 0.1) is 34.5 Å². The molecule has 0 bridgehead atoms. The van der Waals surface area contributed by atoms with Gasteiger partial charge in [0.05, 0.1) is 5.60 Å². The van der Waals surface area contributed by atoms with Crippen molar-refractivity contribution in [3.63, 3.8) is 0 Å². The minimum absolute atomic E-state index is 0.0503. The van der Waals surface area contributed by atoms with E-state index in [1.165, 1.54) is 20.8 Å². The maximum absolute atomic E-state index is 12.2. The minimum Gasteiger partial charge on any atom is -0.463 e. The molecule has 4 aliphatic rings. The van der Waals surface area contributed by atoms with Gasteiger partial charge in [0.1, 0.15) is 18.3 Å². The molecule has 10 unspecified atom stereocenters. The third-order valence-electron chi connectivity index (χ3n) is 10.3. The first-order valence-corrected chi connectivity index (χ1v) is 13.0. The smallest absolute Gasteiger partial charge is 0.302 e. The Balaban J connectivity index is 1.67. The van der Waals surface area contributed by atoms with E-state index in [1.807, 2.05) is 6.92 Å². The van der Waals surface area contributed by atoms with E-state index >= 15 is 0 Å². The fourth-order valence-corrected chi connectivity index (χ4v) is 9.10. The van der Waals surface area contributed by atoms with E-state index in [0.717, 1.165) is 25.7 Å².